The van der Waals surface area contributed by atoms with Gasteiger partial charge in [-0.2, -0.15) is 0 Å². The number of hydrogen-bond donors (Lipinski definition) is 1. The summed E-state index contributed by atoms with van der Waals surface area (Å²) in [6, 6.07) is 29.4. The van der Waals surface area contributed by atoms with Crippen LogP contribution in [-0.4, -0.2) is 14.1 Å². The number of aromatic nitrogens is 2. The van der Waals surface area contributed by atoms with E-state index in [4.69, 9.17) is 5.41 Å². The minimum absolute atomic E-state index is 0.0240. The summed E-state index contributed by atoms with van der Waals surface area (Å²) >= 11 is 0. The molecule has 2 heterocycles. The van der Waals surface area contributed by atoms with Crippen molar-refractivity contribution in [2.45, 2.75) is 20.0 Å². The van der Waals surface area contributed by atoms with Crippen LogP contribution >= 0.6 is 0 Å². The van der Waals surface area contributed by atoms with Crippen molar-refractivity contribution in [1.29, 1.82) is 5.41 Å². The Hall–Kier alpha value is -4.78. The second-order valence-corrected chi connectivity index (χ2v) is 8.74. The van der Waals surface area contributed by atoms with Gasteiger partial charge in [-0.3, -0.25) is 20.3 Å². The fourth-order valence-corrected chi connectivity index (χ4v) is 4.48. The summed E-state index contributed by atoms with van der Waals surface area (Å²) in [4.78, 5) is 24.5. The van der Waals surface area contributed by atoms with Crippen molar-refractivity contribution in [3.63, 3.8) is 0 Å². The highest BCUT2D eigenvalue weighted by molar-refractivity contribution is 5.84. The number of hydrogen-bond acceptors (Lipinski definition) is 4. The van der Waals surface area contributed by atoms with Gasteiger partial charge in [0.1, 0.15) is 5.49 Å². The smallest absolute Gasteiger partial charge is 0.269 e. The van der Waals surface area contributed by atoms with Crippen LogP contribution in [0, 0.1) is 22.4 Å². The lowest BCUT2D eigenvalue weighted by Gasteiger charge is -2.18. The summed E-state index contributed by atoms with van der Waals surface area (Å²) in [6.07, 6.45) is 0. The first kappa shape index (κ1) is 23.0. The molecule has 0 saturated heterocycles. The number of nitrogens with one attached hydrogen (secondary N) is 1. The third kappa shape index (κ3) is 4.34. The van der Waals surface area contributed by atoms with Gasteiger partial charge in [-0.15, -0.1) is 0 Å². The van der Waals surface area contributed by atoms with Gasteiger partial charge in [0.2, 0.25) is 0 Å². The molecule has 1 N–H and O–H groups in total. The van der Waals surface area contributed by atoms with Crippen molar-refractivity contribution in [2.75, 3.05) is 0 Å². The quantitative estimate of drug-likeness (QED) is 0.267. The third-order valence-corrected chi connectivity index (χ3v) is 6.38. The molecule has 7 nitrogen and oxygen atoms in total. The molecular weight excluding hydrogens is 452 g/mol. The molecule has 0 atom stereocenters. The Labute approximate surface area is 207 Å². The maximum Gasteiger partial charge on any atom is 0.269 e. The number of fused-ring (bicyclic) bond motifs is 1. The van der Waals surface area contributed by atoms with Crippen LogP contribution in [-0.2, 0) is 13.1 Å². The highest BCUT2D eigenvalue weighted by Crippen LogP contribution is 2.23. The van der Waals surface area contributed by atoms with Crippen LogP contribution < -0.4 is 11.0 Å². The number of pyridine rings is 2. The van der Waals surface area contributed by atoms with Crippen LogP contribution in [0.4, 0.5) is 5.69 Å². The summed E-state index contributed by atoms with van der Waals surface area (Å²) in [6.45, 7) is 2.76. The van der Waals surface area contributed by atoms with Crippen LogP contribution in [0.5, 0.6) is 0 Å². The van der Waals surface area contributed by atoms with Crippen molar-refractivity contribution < 1.29 is 4.92 Å². The number of aryl methyl sites for hydroxylation is 1. The Kier molecular flexibility index (Phi) is 6.04. The predicted octanol–water partition coefficient (Wildman–Crippen LogP) is 5.26. The molecule has 178 valence electrons. The average molecular weight is 477 g/mol. The van der Waals surface area contributed by atoms with E-state index >= 15 is 0 Å². The van der Waals surface area contributed by atoms with Crippen molar-refractivity contribution in [2.24, 2.45) is 0 Å². The van der Waals surface area contributed by atoms with Crippen LogP contribution in [0.25, 0.3) is 22.0 Å². The molecule has 36 heavy (non-hydrogen) atoms. The second-order valence-electron chi connectivity index (χ2n) is 8.74. The van der Waals surface area contributed by atoms with Crippen molar-refractivity contribution in [1.82, 2.24) is 9.13 Å². The van der Waals surface area contributed by atoms with E-state index in [9.17, 15) is 14.9 Å². The molecule has 0 saturated carbocycles. The lowest BCUT2D eigenvalue weighted by Crippen LogP contribution is -2.29. The van der Waals surface area contributed by atoms with Crippen molar-refractivity contribution in [3.05, 3.63) is 140 Å². The Balaban J connectivity index is 1.75. The molecule has 0 bridgehead atoms. The first-order valence-corrected chi connectivity index (χ1v) is 11.6. The third-order valence-electron chi connectivity index (χ3n) is 6.38. The summed E-state index contributed by atoms with van der Waals surface area (Å²) in [5.74, 6) is 0. The molecule has 5 aromatic rings. The molecule has 0 fully saturated rings. The molecule has 0 aliphatic carbocycles. The van der Waals surface area contributed by atoms with Gasteiger partial charge in [-0.1, -0.05) is 60.7 Å². The number of rotatable bonds is 6. The van der Waals surface area contributed by atoms with E-state index in [-0.39, 0.29) is 16.7 Å². The summed E-state index contributed by atoms with van der Waals surface area (Å²) in [5, 5.41) is 20.7. The minimum atomic E-state index is -0.452. The van der Waals surface area contributed by atoms with Crippen LogP contribution in [0.15, 0.2) is 102 Å². The zero-order chi connectivity index (χ0) is 25.2. The lowest BCUT2D eigenvalue weighted by molar-refractivity contribution is -0.384. The number of nitro benzene ring substituents is 1. The van der Waals surface area contributed by atoms with E-state index in [2.05, 4.69) is 0 Å². The summed E-state index contributed by atoms with van der Waals surface area (Å²) < 4.78 is 3.58. The van der Waals surface area contributed by atoms with Gasteiger partial charge in [-0.25, -0.2) is 0 Å². The number of non-ortho nitro benzene ring substituents is 1. The summed E-state index contributed by atoms with van der Waals surface area (Å²) in [7, 11) is 0. The molecule has 0 unspecified atom stereocenters. The SMILES string of the molecule is Cc1cc2c(cc(-c3ccc([N+](=O)[O-])cc3)c(=N)n2Cc2ccccc2)c(=O)n1Cc1ccccc1. The van der Waals surface area contributed by atoms with Gasteiger partial charge >= 0.3 is 0 Å². The fraction of sp³-hybridized carbons (Fsp3) is 0.103. The maximum atomic E-state index is 13.8. The van der Waals surface area contributed by atoms with E-state index in [1.54, 1.807) is 22.8 Å². The Morgan fingerprint density at radius 3 is 1.92 bits per heavy atom. The van der Waals surface area contributed by atoms with Crippen LogP contribution in [0.2, 0.25) is 0 Å². The monoisotopic (exact) mass is 476 g/mol. The molecule has 7 heteroatoms. The maximum absolute atomic E-state index is 13.8. The molecule has 3 aromatic carbocycles. The number of nitro groups is 1. The minimum Gasteiger partial charge on any atom is -0.321 e. The molecule has 0 amide bonds. The van der Waals surface area contributed by atoms with E-state index in [1.165, 1.54) is 12.1 Å². The van der Waals surface area contributed by atoms with E-state index < -0.39 is 4.92 Å². The Bertz CT molecular complexity index is 1690. The van der Waals surface area contributed by atoms with Crippen LogP contribution in [0.3, 0.4) is 0 Å². The highest BCUT2D eigenvalue weighted by Gasteiger charge is 2.16. The average Bonchev–Trinajstić information content (AvgIpc) is 2.89. The van der Waals surface area contributed by atoms with Gasteiger partial charge in [0.15, 0.2) is 0 Å². The van der Waals surface area contributed by atoms with E-state index in [0.29, 0.717) is 35.1 Å². The van der Waals surface area contributed by atoms with Gasteiger partial charge in [-0.05, 0) is 47.9 Å². The fourth-order valence-electron chi connectivity index (χ4n) is 4.48. The first-order valence-electron chi connectivity index (χ1n) is 11.6. The van der Waals surface area contributed by atoms with Crippen molar-refractivity contribution >= 4 is 16.6 Å². The van der Waals surface area contributed by atoms with Gasteiger partial charge in [0, 0.05) is 29.9 Å². The summed E-state index contributed by atoms with van der Waals surface area (Å²) in [5.41, 5.74) is 4.77. The molecule has 0 aliphatic rings. The first-order chi connectivity index (χ1) is 17.4. The molecule has 0 spiro atoms. The molecular formula is C29H24N4O3. The Morgan fingerprint density at radius 1 is 0.806 bits per heavy atom. The van der Waals surface area contributed by atoms with E-state index in [0.717, 1.165) is 16.8 Å². The lowest BCUT2D eigenvalue weighted by atomic mass is 10.0. The molecule has 0 aliphatic heterocycles. The van der Waals surface area contributed by atoms with Gasteiger partial charge < -0.3 is 9.13 Å². The largest absolute Gasteiger partial charge is 0.321 e. The zero-order valence-corrected chi connectivity index (χ0v) is 19.7. The number of benzene rings is 3. The zero-order valence-electron chi connectivity index (χ0n) is 19.7. The van der Waals surface area contributed by atoms with E-state index in [1.807, 2.05) is 78.2 Å². The normalized spacial score (nSPS) is 11.0. The van der Waals surface area contributed by atoms with Gasteiger partial charge in [0.25, 0.3) is 11.2 Å². The van der Waals surface area contributed by atoms with Crippen molar-refractivity contribution in [3.8, 4) is 11.1 Å². The topological polar surface area (TPSA) is 93.9 Å². The molecule has 5 rings (SSSR count). The standard InChI is InChI=1S/C29H24N4O3/c1-20-16-27-26(29(34)31(20)18-21-8-4-2-5-9-21)17-25(23-12-14-24(15-13-23)33(35)36)28(30)32(27)19-22-10-6-3-7-11-22/h2-17,30H,18-19H2,1H3. The van der Waals surface area contributed by atoms with Crippen LogP contribution in [0.1, 0.15) is 16.8 Å². The van der Waals surface area contributed by atoms with Gasteiger partial charge in [0.05, 0.1) is 22.4 Å². The highest BCUT2D eigenvalue weighted by atomic mass is 16.6. The molecule has 2 aromatic heterocycles. The molecule has 0 radical (unpaired) electrons. The second kappa shape index (κ2) is 9.46. The number of nitrogens with zero attached hydrogens (tertiary/aromatic N) is 3. The predicted molar refractivity (Wildman–Crippen MR) is 140 cm³/mol. The Morgan fingerprint density at radius 2 is 1.36 bits per heavy atom.